The molecule has 3 fully saturated rings. The van der Waals surface area contributed by atoms with Crippen molar-refractivity contribution >= 4 is 5.82 Å². The fraction of sp³-hybridized carbons (Fsp3) is 0.643. The molecule has 0 radical (unpaired) electrons. The minimum absolute atomic E-state index is 0.391. The van der Waals surface area contributed by atoms with Crippen LogP contribution in [0.4, 0.5) is 5.82 Å². The van der Waals surface area contributed by atoms with Crippen LogP contribution in [0.1, 0.15) is 25.0 Å². The molecule has 0 bridgehead atoms. The van der Waals surface area contributed by atoms with Crippen LogP contribution in [0.15, 0.2) is 12.4 Å². The minimum atomic E-state index is 0.391. The van der Waals surface area contributed by atoms with Crippen LogP contribution in [0.2, 0.25) is 0 Å². The molecule has 3 aliphatic rings. The second-order valence-corrected chi connectivity index (χ2v) is 5.93. The van der Waals surface area contributed by atoms with Crippen molar-refractivity contribution in [2.75, 3.05) is 24.7 Å². The molecule has 0 unspecified atom stereocenters. The first kappa shape index (κ1) is 11.2. The van der Waals surface area contributed by atoms with E-state index < -0.39 is 0 Å². The predicted molar refractivity (Wildman–Crippen MR) is 68.5 cm³/mol. The highest BCUT2D eigenvalue weighted by Crippen LogP contribution is 2.56. The van der Waals surface area contributed by atoms with Gasteiger partial charge in [0, 0.05) is 12.5 Å². The Morgan fingerprint density at radius 2 is 2.26 bits per heavy atom. The lowest BCUT2D eigenvalue weighted by molar-refractivity contribution is 0.0672. The summed E-state index contributed by atoms with van der Waals surface area (Å²) in [7, 11) is 0. The number of fused-ring (bicyclic) bond motifs is 2. The summed E-state index contributed by atoms with van der Waals surface area (Å²) in [4.78, 5) is 10.9. The first-order chi connectivity index (χ1) is 9.32. The Labute approximate surface area is 112 Å². The molecular formula is C14H16N4O. The lowest BCUT2D eigenvalue weighted by Gasteiger charge is -2.42. The van der Waals surface area contributed by atoms with Gasteiger partial charge in [0.1, 0.15) is 11.9 Å². The van der Waals surface area contributed by atoms with Gasteiger partial charge in [0.15, 0.2) is 5.69 Å². The molecule has 0 aromatic carbocycles. The Bertz CT molecular complexity index is 549. The zero-order valence-corrected chi connectivity index (χ0v) is 10.7. The molecule has 1 aromatic rings. The Balaban J connectivity index is 1.69. The van der Waals surface area contributed by atoms with E-state index in [0.29, 0.717) is 23.1 Å². The summed E-state index contributed by atoms with van der Waals surface area (Å²) < 4.78 is 5.70. The summed E-state index contributed by atoms with van der Waals surface area (Å²) in [6, 6.07) is 2.49. The van der Waals surface area contributed by atoms with Crippen molar-refractivity contribution in [1.82, 2.24) is 9.97 Å². The maximum absolute atomic E-state index is 8.96. The minimum Gasteiger partial charge on any atom is -0.379 e. The maximum atomic E-state index is 8.96. The van der Waals surface area contributed by atoms with Crippen LogP contribution in [0.3, 0.4) is 0 Å². The third kappa shape index (κ3) is 1.50. The van der Waals surface area contributed by atoms with Crippen molar-refractivity contribution in [3.63, 3.8) is 0 Å². The van der Waals surface area contributed by atoms with E-state index in [9.17, 15) is 0 Å². The highest BCUT2D eigenvalue weighted by molar-refractivity contribution is 5.44. The molecule has 19 heavy (non-hydrogen) atoms. The number of nitriles is 1. The van der Waals surface area contributed by atoms with Crippen LogP contribution in [-0.2, 0) is 4.74 Å². The van der Waals surface area contributed by atoms with Crippen molar-refractivity contribution in [2.45, 2.75) is 25.3 Å². The molecule has 2 saturated heterocycles. The molecule has 5 heteroatoms. The van der Waals surface area contributed by atoms with E-state index in [-0.39, 0.29) is 0 Å². The first-order valence-corrected chi connectivity index (χ1v) is 6.89. The van der Waals surface area contributed by atoms with E-state index in [2.05, 4.69) is 20.9 Å². The number of nitrogens with zero attached hydrogens (tertiary/aromatic N) is 4. The van der Waals surface area contributed by atoms with Gasteiger partial charge in [-0.1, -0.05) is 6.42 Å². The lowest BCUT2D eigenvalue weighted by atomic mass is 9.62. The SMILES string of the molecule is N#Cc1cncc(N2CC3(CCC3)[C@@H]3COC[C@@H]32)n1. The monoisotopic (exact) mass is 256 g/mol. The number of aromatic nitrogens is 2. The van der Waals surface area contributed by atoms with Gasteiger partial charge >= 0.3 is 0 Å². The third-order valence-corrected chi connectivity index (χ3v) is 5.10. The van der Waals surface area contributed by atoms with Crippen molar-refractivity contribution in [3.05, 3.63) is 18.1 Å². The van der Waals surface area contributed by atoms with Gasteiger partial charge < -0.3 is 9.64 Å². The summed E-state index contributed by atoms with van der Waals surface area (Å²) in [5.41, 5.74) is 0.827. The van der Waals surface area contributed by atoms with Gasteiger partial charge in [-0.2, -0.15) is 5.26 Å². The highest BCUT2D eigenvalue weighted by Gasteiger charge is 2.57. The van der Waals surface area contributed by atoms with Crippen molar-refractivity contribution in [1.29, 1.82) is 5.26 Å². The molecule has 1 aromatic heterocycles. The lowest BCUT2D eigenvalue weighted by Crippen LogP contribution is -2.38. The van der Waals surface area contributed by atoms with E-state index in [4.69, 9.17) is 10.00 Å². The molecule has 1 spiro atoms. The number of ether oxygens (including phenoxy) is 1. The molecule has 2 aliphatic heterocycles. The van der Waals surface area contributed by atoms with Crippen LogP contribution in [0.25, 0.3) is 0 Å². The second kappa shape index (κ2) is 3.91. The third-order valence-electron chi connectivity index (χ3n) is 5.10. The molecule has 1 aliphatic carbocycles. The van der Waals surface area contributed by atoms with E-state index in [1.165, 1.54) is 25.5 Å². The summed E-state index contributed by atoms with van der Waals surface area (Å²) in [5.74, 6) is 1.47. The van der Waals surface area contributed by atoms with Gasteiger partial charge in [0.2, 0.25) is 0 Å². The van der Waals surface area contributed by atoms with Gasteiger partial charge in [-0.25, -0.2) is 4.98 Å². The zero-order valence-electron chi connectivity index (χ0n) is 10.7. The van der Waals surface area contributed by atoms with Gasteiger partial charge in [-0.15, -0.1) is 0 Å². The number of hydrogen-bond donors (Lipinski definition) is 0. The smallest absolute Gasteiger partial charge is 0.161 e. The number of hydrogen-bond acceptors (Lipinski definition) is 5. The molecule has 98 valence electrons. The quantitative estimate of drug-likeness (QED) is 0.759. The molecule has 2 atom stereocenters. The van der Waals surface area contributed by atoms with Crippen molar-refractivity contribution in [3.8, 4) is 6.07 Å². The van der Waals surface area contributed by atoms with Gasteiger partial charge in [-0.3, -0.25) is 4.98 Å². The van der Waals surface area contributed by atoms with Gasteiger partial charge in [0.25, 0.3) is 0 Å². The summed E-state index contributed by atoms with van der Waals surface area (Å²) in [6.45, 7) is 2.71. The van der Waals surface area contributed by atoms with Crippen molar-refractivity contribution in [2.24, 2.45) is 11.3 Å². The molecule has 0 amide bonds. The molecule has 3 heterocycles. The van der Waals surface area contributed by atoms with Crippen molar-refractivity contribution < 1.29 is 4.74 Å². The summed E-state index contributed by atoms with van der Waals surface area (Å²) >= 11 is 0. The number of anilines is 1. The molecular weight excluding hydrogens is 240 g/mol. The van der Waals surface area contributed by atoms with E-state index in [1.54, 1.807) is 6.20 Å². The fourth-order valence-electron chi connectivity index (χ4n) is 3.97. The van der Waals surface area contributed by atoms with E-state index >= 15 is 0 Å². The van der Waals surface area contributed by atoms with E-state index in [0.717, 1.165) is 25.6 Å². The van der Waals surface area contributed by atoms with Crippen LogP contribution < -0.4 is 4.90 Å². The largest absolute Gasteiger partial charge is 0.379 e. The van der Waals surface area contributed by atoms with Gasteiger partial charge in [0.05, 0.1) is 31.6 Å². The first-order valence-electron chi connectivity index (χ1n) is 6.89. The molecule has 0 N–H and O–H groups in total. The molecule has 1 saturated carbocycles. The Morgan fingerprint density at radius 3 is 3.00 bits per heavy atom. The normalized spacial score (nSPS) is 31.0. The van der Waals surface area contributed by atoms with Crippen LogP contribution in [0.5, 0.6) is 0 Å². The van der Waals surface area contributed by atoms with E-state index in [1.807, 2.05) is 0 Å². The fourth-order valence-corrected chi connectivity index (χ4v) is 3.97. The average Bonchev–Trinajstić information content (AvgIpc) is 2.97. The Hall–Kier alpha value is -1.67. The molecule has 5 nitrogen and oxygen atoms in total. The molecule has 4 rings (SSSR count). The summed E-state index contributed by atoms with van der Waals surface area (Å²) in [5, 5.41) is 8.96. The highest BCUT2D eigenvalue weighted by atomic mass is 16.5. The second-order valence-electron chi connectivity index (χ2n) is 5.93. The maximum Gasteiger partial charge on any atom is 0.161 e. The zero-order chi connectivity index (χ0) is 12.9. The number of rotatable bonds is 1. The van der Waals surface area contributed by atoms with Crippen LogP contribution in [0, 0.1) is 22.7 Å². The topological polar surface area (TPSA) is 62.0 Å². The Kier molecular flexibility index (Phi) is 2.30. The van der Waals surface area contributed by atoms with Crippen LogP contribution in [-0.4, -0.2) is 35.8 Å². The van der Waals surface area contributed by atoms with Crippen LogP contribution >= 0.6 is 0 Å². The summed E-state index contributed by atoms with van der Waals surface area (Å²) in [6.07, 6.45) is 7.23. The predicted octanol–water partition coefficient (Wildman–Crippen LogP) is 1.35. The average molecular weight is 256 g/mol. The Morgan fingerprint density at radius 1 is 1.37 bits per heavy atom. The standard InChI is InChI=1S/C14H16N4O/c15-4-10-5-16-6-13(17-10)18-9-14(2-1-3-14)11-7-19-8-12(11)18/h5-6,11-12H,1-3,7-9H2/t11-,12+/m1/s1. The van der Waals surface area contributed by atoms with Gasteiger partial charge in [-0.05, 0) is 18.3 Å².